The van der Waals surface area contributed by atoms with E-state index in [9.17, 15) is 9.59 Å². The number of ether oxygens (including phenoxy) is 1. The third-order valence-electron chi connectivity index (χ3n) is 4.06. The minimum absolute atomic E-state index is 0.198. The second-order valence-corrected chi connectivity index (χ2v) is 5.41. The van der Waals surface area contributed by atoms with Crippen molar-refractivity contribution in [1.82, 2.24) is 5.16 Å². The maximum atomic E-state index is 12.4. The van der Waals surface area contributed by atoms with Crippen LogP contribution in [0.2, 0.25) is 0 Å². The van der Waals surface area contributed by atoms with E-state index >= 15 is 0 Å². The molecule has 1 heterocycles. The van der Waals surface area contributed by atoms with Gasteiger partial charge in [0.1, 0.15) is 11.8 Å². The molecule has 2 N–H and O–H groups in total. The van der Waals surface area contributed by atoms with Gasteiger partial charge in [-0.1, -0.05) is 29.4 Å². The van der Waals surface area contributed by atoms with Gasteiger partial charge in [0.2, 0.25) is 5.60 Å². The first-order valence-electron chi connectivity index (χ1n) is 7.07. The predicted octanol–water partition coefficient (Wildman–Crippen LogP) is 1.86. The Morgan fingerprint density at radius 1 is 1.36 bits per heavy atom. The van der Waals surface area contributed by atoms with Crippen molar-refractivity contribution in [2.24, 2.45) is 5.73 Å². The van der Waals surface area contributed by atoms with Crippen LogP contribution in [-0.2, 0) is 21.6 Å². The van der Waals surface area contributed by atoms with Gasteiger partial charge in [-0.05, 0) is 25.3 Å². The number of carbonyl (C=O) groups excluding carboxylic acids is 2. The number of amides is 1. The minimum Gasteiger partial charge on any atom is -0.440 e. The summed E-state index contributed by atoms with van der Waals surface area (Å²) in [4.78, 5) is 24.5. The van der Waals surface area contributed by atoms with E-state index in [4.69, 9.17) is 15.0 Å². The van der Waals surface area contributed by atoms with Gasteiger partial charge < -0.3 is 15.0 Å². The second-order valence-electron chi connectivity index (χ2n) is 5.41. The molecule has 1 amide bonds. The first-order chi connectivity index (χ1) is 10.5. The molecular formula is C16H16N2O4. The van der Waals surface area contributed by atoms with Crippen LogP contribution < -0.4 is 5.73 Å². The van der Waals surface area contributed by atoms with Crippen LogP contribution in [0.1, 0.15) is 40.0 Å². The van der Waals surface area contributed by atoms with Crippen molar-refractivity contribution in [2.75, 3.05) is 0 Å². The van der Waals surface area contributed by atoms with Crippen molar-refractivity contribution in [3.8, 4) is 0 Å². The molecule has 1 aromatic carbocycles. The number of carbonyl (C=O) groups is 2. The smallest absolute Gasteiger partial charge is 0.344 e. The fraction of sp³-hybridized carbons (Fsp3) is 0.312. The minimum atomic E-state index is -1.43. The molecule has 0 saturated heterocycles. The van der Waals surface area contributed by atoms with Gasteiger partial charge in [0.25, 0.3) is 5.91 Å². The van der Waals surface area contributed by atoms with Crippen molar-refractivity contribution < 1.29 is 18.8 Å². The molecule has 2 aromatic rings. The lowest BCUT2D eigenvalue weighted by Gasteiger charge is -2.35. The van der Waals surface area contributed by atoms with Gasteiger partial charge in [0, 0.05) is 12.0 Å². The number of rotatable bonds is 3. The van der Waals surface area contributed by atoms with Crippen LogP contribution in [0.15, 0.2) is 35.1 Å². The highest BCUT2D eigenvalue weighted by Crippen LogP contribution is 2.39. The molecule has 6 nitrogen and oxygen atoms in total. The molecule has 1 aliphatic carbocycles. The van der Waals surface area contributed by atoms with Gasteiger partial charge >= 0.3 is 5.97 Å². The summed E-state index contributed by atoms with van der Waals surface area (Å²) < 4.78 is 10.3. The Bertz CT molecular complexity index is 737. The number of nitrogens with zero attached hydrogens (tertiary/aromatic N) is 1. The number of aryl methyl sites for hydroxylation is 2. The van der Waals surface area contributed by atoms with Crippen molar-refractivity contribution >= 4 is 11.9 Å². The Morgan fingerprint density at radius 2 is 2.14 bits per heavy atom. The monoisotopic (exact) mass is 300 g/mol. The SMILES string of the molecule is Cc1nocc1C(=O)OC1(C(N)=O)CCCc2ccccc21. The Balaban J connectivity index is 2.03. The number of esters is 1. The highest BCUT2D eigenvalue weighted by Gasteiger charge is 2.46. The van der Waals surface area contributed by atoms with E-state index in [0.29, 0.717) is 17.7 Å². The van der Waals surface area contributed by atoms with Gasteiger partial charge in [0.15, 0.2) is 0 Å². The fourth-order valence-corrected chi connectivity index (χ4v) is 2.91. The molecule has 114 valence electrons. The van der Waals surface area contributed by atoms with Crippen molar-refractivity contribution in [1.29, 1.82) is 0 Å². The largest absolute Gasteiger partial charge is 0.440 e. The predicted molar refractivity (Wildman–Crippen MR) is 76.9 cm³/mol. The van der Waals surface area contributed by atoms with Crippen LogP contribution in [-0.4, -0.2) is 17.0 Å². The van der Waals surface area contributed by atoms with E-state index < -0.39 is 17.5 Å². The molecule has 0 bridgehead atoms. The molecular weight excluding hydrogens is 284 g/mol. The molecule has 0 spiro atoms. The number of benzene rings is 1. The lowest BCUT2D eigenvalue weighted by atomic mass is 9.78. The number of aromatic nitrogens is 1. The van der Waals surface area contributed by atoms with Gasteiger partial charge in [-0.15, -0.1) is 0 Å². The van der Waals surface area contributed by atoms with Crippen LogP contribution in [0.25, 0.3) is 0 Å². The third-order valence-corrected chi connectivity index (χ3v) is 4.06. The molecule has 0 fully saturated rings. The summed E-state index contributed by atoms with van der Waals surface area (Å²) in [6.45, 7) is 1.63. The van der Waals surface area contributed by atoms with E-state index in [0.717, 1.165) is 18.4 Å². The molecule has 22 heavy (non-hydrogen) atoms. The zero-order valence-electron chi connectivity index (χ0n) is 12.2. The number of fused-ring (bicyclic) bond motifs is 1. The summed E-state index contributed by atoms with van der Waals surface area (Å²) in [5.41, 5.74) is 6.41. The molecule has 1 atom stereocenters. The molecule has 0 radical (unpaired) electrons. The normalized spacial score (nSPS) is 20.2. The summed E-state index contributed by atoms with van der Waals surface area (Å²) in [7, 11) is 0. The van der Waals surface area contributed by atoms with E-state index in [1.54, 1.807) is 19.1 Å². The van der Waals surface area contributed by atoms with Gasteiger partial charge in [-0.25, -0.2) is 4.79 Å². The van der Waals surface area contributed by atoms with Gasteiger partial charge in [0.05, 0.1) is 5.69 Å². The second kappa shape index (κ2) is 5.29. The zero-order chi connectivity index (χ0) is 15.7. The summed E-state index contributed by atoms with van der Waals surface area (Å²) in [5, 5.41) is 3.65. The van der Waals surface area contributed by atoms with Crippen LogP contribution in [0.3, 0.4) is 0 Å². The molecule has 1 aliphatic rings. The van der Waals surface area contributed by atoms with E-state index in [1.807, 2.05) is 12.1 Å². The van der Waals surface area contributed by atoms with Crippen molar-refractivity contribution in [3.05, 3.63) is 52.9 Å². The zero-order valence-corrected chi connectivity index (χ0v) is 12.2. The lowest BCUT2D eigenvalue weighted by molar-refractivity contribution is -0.140. The van der Waals surface area contributed by atoms with Crippen LogP contribution in [0.4, 0.5) is 0 Å². The summed E-state index contributed by atoms with van der Waals surface area (Å²) in [5.74, 6) is -1.32. The molecule has 3 rings (SSSR count). The van der Waals surface area contributed by atoms with E-state index in [1.165, 1.54) is 6.26 Å². The number of primary amides is 1. The van der Waals surface area contributed by atoms with Crippen LogP contribution in [0.5, 0.6) is 0 Å². The standard InChI is InChI=1S/C16H16N2O4/c1-10-12(9-21-18-10)14(19)22-16(15(17)20)8-4-6-11-5-2-3-7-13(11)16/h2-3,5,7,9H,4,6,8H2,1H3,(H2,17,20). The van der Waals surface area contributed by atoms with Crippen LogP contribution >= 0.6 is 0 Å². The number of hydrogen-bond donors (Lipinski definition) is 1. The van der Waals surface area contributed by atoms with E-state index in [2.05, 4.69) is 5.16 Å². The van der Waals surface area contributed by atoms with Crippen LogP contribution in [0, 0.1) is 6.92 Å². The Labute approximate surface area is 127 Å². The lowest BCUT2D eigenvalue weighted by Crippen LogP contribution is -2.47. The molecule has 1 aromatic heterocycles. The average Bonchev–Trinajstić information content (AvgIpc) is 2.93. The Hall–Kier alpha value is -2.63. The van der Waals surface area contributed by atoms with E-state index in [-0.39, 0.29) is 5.56 Å². The highest BCUT2D eigenvalue weighted by molar-refractivity contribution is 5.94. The number of hydrogen-bond acceptors (Lipinski definition) is 5. The van der Waals surface area contributed by atoms with Gasteiger partial charge in [-0.2, -0.15) is 0 Å². The first kappa shape index (κ1) is 14.3. The number of nitrogens with two attached hydrogens (primary N) is 1. The topological polar surface area (TPSA) is 95.4 Å². The maximum Gasteiger partial charge on any atom is 0.344 e. The Kier molecular flexibility index (Phi) is 3.44. The highest BCUT2D eigenvalue weighted by atomic mass is 16.6. The molecule has 0 aliphatic heterocycles. The summed E-state index contributed by atoms with van der Waals surface area (Å²) in [6.07, 6.45) is 3.13. The first-order valence-corrected chi connectivity index (χ1v) is 7.07. The maximum absolute atomic E-state index is 12.4. The molecule has 1 unspecified atom stereocenters. The Morgan fingerprint density at radius 3 is 2.82 bits per heavy atom. The van der Waals surface area contributed by atoms with Gasteiger partial charge in [-0.3, -0.25) is 4.79 Å². The quantitative estimate of drug-likeness (QED) is 0.873. The fourth-order valence-electron chi connectivity index (χ4n) is 2.91. The summed E-state index contributed by atoms with van der Waals surface area (Å²) >= 11 is 0. The van der Waals surface area contributed by atoms with Crippen molar-refractivity contribution in [3.63, 3.8) is 0 Å². The van der Waals surface area contributed by atoms with Crippen molar-refractivity contribution in [2.45, 2.75) is 31.8 Å². The molecule has 6 heteroatoms. The third kappa shape index (κ3) is 2.16. The average molecular weight is 300 g/mol. The molecule has 0 saturated carbocycles. The summed E-state index contributed by atoms with van der Waals surface area (Å²) in [6, 6.07) is 7.40.